The Morgan fingerprint density at radius 1 is 1.00 bits per heavy atom. The van der Waals surface area contributed by atoms with Crippen LogP contribution in [0.5, 0.6) is 5.75 Å². The first-order chi connectivity index (χ1) is 13.5. The molecule has 0 aliphatic heterocycles. The summed E-state index contributed by atoms with van der Waals surface area (Å²) in [6.45, 7) is 4.40. The number of likely N-dealkylation sites (N-methyl/N-ethyl adjacent to an activating group) is 1. The second-order valence-electron chi connectivity index (χ2n) is 6.26. The van der Waals surface area contributed by atoms with Gasteiger partial charge in [0.1, 0.15) is 11.6 Å². The van der Waals surface area contributed by atoms with Crippen molar-refractivity contribution in [1.82, 2.24) is 4.90 Å². The maximum Gasteiger partial charge on any atom is 0.241 e. The van der Waals surface area contributed by atoms with E-state index in [1.807, 2.05) is 13.8 Å². The van der Waals surface area contributed by atoms with Crippen molar-refractivity contribution in [3.8, 4) is 5.75 Å². The monoisotopic (exact) mass is 387 g/mol. The molecular formula is C21H26FN3O3. The van der Waals surface area contributed by atoms with Gasteiger partial charge in [-0.25, -0.2) is 4.39 Å². The maximum absolute atomic E-state index is 13.0. The minimum absolute atomic E-state index is 0.0812. The fourth-order valence-electron chi connectivity index (χ4n) is 2.87. The number of benzene rings is 2. The summed E-state index contributed by atoms with van der Waals surface area (Å²) in [5.41, 5.74) is 1.18. The number of carbonyl (C=O) groups is 2. The molecule has 6 nitrogen and oxygen atoms in total. The predicted octanol–water partition coefficient (Wildman–Crippen LogP) is 3.51. The van der Waals surface area contributed by atoms with Crippen LogP contribution in [-0.4, -0.2) is 43.0 Å². The average molecular weight is 387 g/mol. The lowest BCUT2D eigenvalue weighted by Gasteiger charge is -2.28. The first-order valence-corrected chi connectivity index (χ1v) is 9.21. The molecule has 0 aliphatic rings. The molecule has 1 unspecified atom stereocenters. The Morgan fingerprint density at radius 3 is 2.11 bits per heavy atom. The summed E-state index contributed by atoms with van der Waals surface area (Å²) in [6.07, 6.45) is 0.538. The highest BCUT2D eigenvalue weighted by Gasteiger charge is 2.25. The molecule has 2 aromatic rings. The Balaban J connectivity index is 1.98. The van der Waals surface area contributed by atoms with Crippen molar-refractivity contribution in [1.29, 1.82) is 0 Å². The minimum atomic E-state index is -0.475. The molecule has 0 fully saturated rings. The van der Waals surface area contributed by atoms with Gasteiger partial charge in [-0.1, -0.05) is 13.8 Å². The molecule has 0 aliphatic carbocycles. The van der Waals surface area contributed by atoms with Crippen LogP contribution in [0.1, 0.15) is 20.3 Å². The average Bonchev–Trinajstić information content (AvgIpc) is 2.70. The van der Waals surface area contributed by atoms with E-state index in [9.17, 15) is 14.0 Å². The van der Waals surface area contributed by atoms with E-state index in [0.717, 1.165) is 0 Å². The van der Waals surface area contributed by atoms with Crippen molar-refractivity contribution >= 4 is 23.2 Å². The van der Waals surface area contributed by atoms with Gasteiger partial charge in [0.2, 0.25) is 11.8 Å². The topological polar surface area (TPSA) is 70.7 Å². The zero-order chi connectivity index (χ0) is 20.5. The van der Waals surface area contributed by atoms with Gasteiger partial charge in [0.25, 0.3) is 0 Å². The molecular weight excluding hydrogens is 361 g/mol. The van der Waals surface area contributed by atoms with Gasteiger partial charge in [-0.2, -0.15) is 0 Å². The lowest BCUT2D eigenvalue weighted by atomic mass is 10.1. The van der Waals surface area contributed by atoms with Crippen LogP contribution in [0.4, 0.5) is 15.8 Å². The summed E-state index contributed by atoms with van der Waals surface area (Å²) >= 11 is 0. The van der Waals surface area contributed by atoms with Crippen molar-refractivity contribution < 1.29 is 18.7 Å². The van der Waals surface area contributed by atoms with Crippen molar-refractivity contribution in [2.75, 3.05) is 30.8 Å². The summed E-state index contributed by atoms with van der Waals surface area (Å²) in [5, 5.41) is 5.60. The summed E-state index contributed by atoms with van der Waals surface area (Å²) < 4.78 is 18.1. The number of anilines is 2. The van der Waals surface area contributed by atoms with Crippen LogP contribution in [0.15, 0.2) is 48.5 Å². The van der Waals surface area contributed by atoms with Crippen LogP contribution >= 0.6 is 0 Å². The van der Waals surface area contributed by atoms with E-state index < -0.39 is 6.04 Å². The van der Waals surface area contributed by atoms with Gasteiger partial charge in [0, 0.05) is 11.4 Å². The number of methoxy groups -OCH3 is 1. The first kappa shape index (κ1) is 21.4. The normalized spacial score (nSPS) is 11.8. The molecule has 0 spiro atoms. The zero-order valence-electron chi connectivity index (χ0n) is 16.4. The number of hydrogen-bond donors (Lipinski definition) is 2. The largest absolute Gasteiger partial charge is 0.497 e. The first-order valence-electron chi connectivity index (χ1n) is 9.21. The molecule has 0 heterocycles. The van der Waals surface area contributed by atoms with Gasteiger partial charge >= 0.3 is 0 Å². The molecule has 2 amide bonds. The second-order valence-corrected chi connectivity index (χ2v) is 6.26. The third kappa shape index (κ3) is 6.06. The Bertz CT molecular complexity index is 778. The van der Waals surface area contributed by atoms with Gasteiger partial charge in [-0.3, -0.25) is 14.5 Å². The van der Waals surface area contributed by atoms with E-state index in [1.165, 1.54) is 24.3 Å². The van der Waals surface area contributed by atoms with Gasteiger partial charge in [-0.05, 0) is 61.5 Å². The fourth-order valence-corrected chi connectivity index (χ4v) is 2.87. The summed E-state index contributed by atoms with van der Waals surface area (Å²) in [5.74, 6) is -0.0969. The van der Waals surface area contributed by atoms with E-state index in [-0.39, 0.29) is 24.2 Å². The third-order valence-corrected chi connectivity index (χ3v) is 4.37. The van der Waals surface area contributed by atoms with Crippen LogP contribution in [0.2, 0.25) is 0 Å². The summed E-state index contributed by atoms with van der Waals surface area (Å²) in [4.78, 5) is 26.9. The quantitative estimate of drug-likeness (QED) is 0.691. The highest BCUT2D eigenvalue weighted by molar-refractivity contribution is 5.96. The van der Waals surface area contributed by atoms with E-state index in [4.69, 9.17) is 4.74 Å². The molecule has 1 atom stereocenters. The van der Waals surface area contributed by atoms with Crippen molar-refractivity contribution in [2.24, 2.45) is 0 Å². The minimum Gasteiger partial charge on any atom is -0.497 e. The van der Waals surface area contributed by atoms with Crippen molar-refractivity contribution in [3.63, 3.8) is 0 Å². The summed E-state index contributed by atoms with van der Waals surface area (Å²) in [6, 6.07) is 12.1. The highest BCUT2D eigenvalue weighted by atomic mass is 19.1. The predicted molar refractivity (Wildman–Crippen MR) is 108 cm³/mol. The standard InChI is InChI=1S/C21H26FN3O3/c1-4-19(21(27)24-17-8-6-15(22)7-9-17)25(5-2)14-20(26)23-16-10-12-18(28-3)13-11-16/h6-13,19H,4-5,14H2,1-3H3,(H,23,26)(H,24,27). The van der Waals surface area contributed by atoms with Crippen LogP contribution < -0.4 is 15.4 Å². The SMILES string of the molecule is CCC(C(=O)Nc1ccc(F)cc1)N(CC)CC(=O)Nc1ccc(OC)cc1. The molecule has 28 heavy (non-hydrogen) atoms. The zero-order valence-corrected chi connectivity index (χ0v) is 16.4. The fraction of sp³-hybridized carbons (Fsp3) is 0.333. The number of hydrogen-bond acceptors (Lipinski definition) is 4. The number of nitrogens with one attached hydrogen (secondary N) is 2. The molecule has 0 aromatic heterocycles. The third-order valence-electron chi connectivity index (χ3n) is 4.37. The van der Waals surface area contributed by atoms with Gasteiger partial charge < -0.3 is 15.4 Å². The smallest absolute Gasteiger partial charge is 0.241 e. The molecule has 7 heteroatoms. The maximum atomic E-state index is 13.0. The van der Waals surface area contributed by atoms with E-state index in [0.29, 0.717) is 30.1 Å². The van der Waals surface area contributed by atoms with Crippen molar-refractivity contribution in [3.05, 3.63) is 54.3 Å². The Morgan fingerprint density at radius 2 is 1.57 bits per heavy atom. The van der Waals surface area contributed by atoms with Gasteiger partial charge in [-0.15, -0.1) is 0 Å². The number of carbonyl (C=O) groups excluding carboxylic acids is 2. The van der Waals surface area contributed by atoms with Crippen LogP contribution in [0, 0.1) is 5.82 Å². The van der Waals surface area contributed by atoms with E-state index in [1.54, 1.807) is 36.3 Å². The number of nitrogens with zero attached hydrogens (tertiary/aromatic N) is 1. The van der Waals surface area contributed by atoms with Crippen LogP contribution in [0.3, 0.4) is 0 Å². The number of halogens is 1. The number of rotatable bonds is 9. The lowest BCUT2D eigenvalue weighted by Crippen LogP contribution is -2.47. The van der Waals surface area contributed by atoms with Crippen LogP contribution in [-0.2, 0) is 9.59 Å². The Hall–Kier alpha value is -2.93. The summed E-state index contributed by atoms with van der Waals surface area (Å²) in [7, 11) is 1.58. The molecule has 2 aromatic carbocycles. The van der Waals surface area contributed by atoms with Gasteiger partial charge in [0.05, 0.1) is 19.7 Å². The lowest BCUT2D eigenvalue weighted by molar-refractivity contribution is -0.123. The second kappa shape index (κ2) is 10.4. The van der Waals surface area contributed by atoms with Crippen molar-refractivity contribution in [2.45, 2.75) is 26.3 Å². The number of amides is 2. The molecule has 2 N–H and O–H groups in total. The molecule has 0 radical (unpaired) electrons. The Kier molecular flexibility index (Phi) is 7.95. The Labute approximate surface area is 164 Å². The molecule has 0 bridgehead atoms. The van der Waals surface area contributed by atoms with E-state index >= 15 is 0 Å². The molecule has 2 rings (SSSR count). The highest BCUT2D eigenvalue weighted by Crippen LogP contribution is 2.16. The van der Waals surface area contributed by atoms with Crippen LogP contribution in [0.25, 0.3) is 0 Å². The van der Waals surface area contributed by atoms with E-state index in [2.05, 4.69) is 10.6 Å². The number of ether oxygens (including phenoxy) is 1. The molecule has 0 saturated heterocycles. The van der Waals surface area contributed by atoms with Gasteiger partial charge in [0.15, 0.2) is 0 Å². The molecule has 0 saturated carbocycles. The molecule has 150 valence electrons.